The van der Waals surface area contributed by atoms with Crippen molar-refractivity contribution in [2.75, 3.05) is 6.61 Å². The number of amides is 2. The Hall–Kier alpha value is -3.10. The molecule has 3 aliphatic rings. The SMILES string of the molecule is Cc1cc(C(=O)NC23CC(NC(=O)COc4ccc(Cl)c(F)c4)(C2)C3)nn1-c1ccc(Cl)cc1. The summed E-state index contributed by atoms with van der Waals surface area (Å²) in [6.45, 7) is 1.65. The lowest BCUT2D eigenvalue weighted by Crippen LogP contribution is -2.84. The lowest BCUT2D eigenvalue weighted by molar-refractivity contribution is -0.141. The van der Waals surface area contributed by atoms with Crippen LogP contribution >= 0.6 is 23.2 Å². The molecule has 0 saturated heterocycles. The summed E-state index contributed by atoms with van der Waals surface area (Å²) in [6.07, 6.45) is 1.93. The summed E-state index contributed by atoms with van der Waals surface area (Å²) in [5.74, 6) is -0.924. The van der Waals surface area contributed by atoms with Crippen LogP contribution in [0.4, 0.5) is 4.39 Å². The van der Waals surface area contributed by atoms with E-state index in [9.17, 15) is 14.0 Å². The number of ether oxygens (including phenoxy) is 1. The van der Waals surface area contributed by atoms with Crippen molar-refractivity contribution in [3.05, 3.63) is 75.8 Å². The van der Waals surface area contributed by atoms with E-state index in [2.05, 4.69) is 15.7 Å². The van der Waals surface area contributed by atoms with Crippen LogP contribution in [0.1, 0.15) is 35.4 Å². The molecule has 2 bridgehead atoms. The van der Waals surface area contributed by atoms with Gasteiger partial charge in [0.05, 0.1) is 10.7 Å². The zero-order valence-electron chi connectivity index (χ0n) is 18.2. The summed E-state index contributed by atoms with van der Waals surface area (Å²) >= 11 is 11.6. The zero-order valence-corrected chi connectivity index (χ0v) is 19.7. The molecule has 7 nitrogen and oxygen atoms in total. The van der Waals surface area contributed by atoms with Gasteiger partial charge < -0.3 is 15.4 Å². The highest BCUT2D eigenvalue weighted by Gasteiger charge is 2.69. The minimum Gasteiger partial charge on any atom is -0.484 e. The van der Waals surface area contributed by atoms with Gasteiger partial charge >= 0.3 is 0 Å². The first-order valence-electron chi connectivity index (χ1n) is 10.7. The number of aryl methyl sites for hydroxylation is 1. The molecule has 10 heteroatoms. The maximum absolute atomic E-state index is 13.5. The average Bonchev–Trinajstić information content (AvgIpc) is 3.14. The Balaban J connectivity index is 1.13. The first kappa shape index (κ1) is 22.7. The van der Waals surface area contributed by atoms with Gasteiger partial charge in [-0.25, -0.2) is 9.07 Å². The van der Waals surface area contributed by atoms with Gasteiger partial charge in [0.1, 0.15) is 11.6 Å². The molecule has 0 atom stereocenters. The maximum atomic E-state index is 13.5. The molecule has 3 aromatic rings. The molecular formula is C24H21Cl2FN4O3. The van der Waals surface area contributed by atoms with E-state index in [-0.39, 0.29) is 40.3 Å². The van der Waals surface area contributed by atoms with Crippen LogP contribution in [-0.2, 0) is 4.79 Å². The Bertz CT molecular complexity index is 1270. The van der Waals surface area contributed by atoms with Gasteiger partial charge in [0.2, 0.25) is 0 Å². The Labute approximate surface area is 205 Å². The average molecular weight is 503 g/mol. The molecule has 6 rings (SSSR count). The van der Waals surface area contributed by atoms with Crippen LogP contribution in [0.3, 0.4) is 0 Å². The van der Waals surface area contributed by atoms with E-state index in [0.29, 0.717) is 30.0 Å². The molecule has 34 heavy (non-hydrogen) atoms. The number of hydrogen-bond acceptors (Lipinski definition) is 4. The number of benzene rings is 2. The number of hydrogen-bond donors (Lipinski definition) is 2. The normalized spacial score (nSPS) is 22.4. The van der Waals surface area contributed by atoms with Crippen molar-refractivity contribution >= 4 is 35.0 Å². The van der Waals surface area contributed by atoms with Crippen LogP contribution in [0.5, 0.6) is 5.75 Å². The molecule has 1 heterocycles. The Morgan fingerprint density at radius 1 is 1.06 bits per heavy atom. The Kier molecular flexibility index (Phi) is 5.53. The second kappa shape index (κ2) is 8.29. The van der Waals surface area contributed by atoms with Gasteiger partial charge in [-0.05, 0) is 68.7 Å². The van der Waals surface area contributed by atoms with E-state index >= 15 is 0 Å². The molecule has 2 amide bonds. The Morgan fingerprint density at radius 3 is 2.41 bits per heavy atom. The molecule has 0 radical (unpaired) electrons. The lowest BCUT2D eigenvalue weighted by Gasteiger charge is -2.70. The minimum atomic E-state index is -0.607. The standard InChI is InChI=1S/C24H21Cl2FN4O3/c1-14-8-20(30-31(14)16-4-2-15(25)3-5-16)22(33)29-24-11-23(12-24,13-24)28-21(32)10-34-17-6-7-18(26)19(27)9-17/h2-9H,10-13H2,1H3,(H,28,32)(H,29,33). The van der Waals surface area contributed by atoms with E-state index in [1.54, 1.807) is 22.9 Å². The van der Waals surface area contributed by atoms with Gasteiger partial charge in [0.25, 0.3) is 11.8 Å². The van der Waals surface area contributed by atoms with E-state index in [1.165, 1.54) is 12.1 Å². The number of carbonyl (C=O) groups is 2. The summed E-state index contributed by atoms with van der Waals surface area (Å²) in [5.41, 5.74) is 1.31. The van der Waals surface area contributed by atoms with Crippen LogP contribution in [0.15, 0.2) is 48.5 Å². The third-order valence-electron chi connectivity index (χ3n) is 6.27. The third kappa shape index (κ3) is 4.23. The summed E-state index contributed by atoms with van der Waals surface area (Å²) in [5, 5.41) is 11.1. The fraction of sp³-hybridized carbons (Fsp3) is 0.292. The van der Waals surface area contributed by atoms with Crippen molar-refractivity contribution in [1.29, 1.82) is 0 Å². The van der Waals surface area contributed by atoms with Crippen molar-refractivity contribution in [2.45, 2.75) is 37.3 Å². The molecule has 2 N–H and O–H groups in total. The molecule has 0 aliphatic heterocycles. The second-order valence-corrected chi connectivity index (χ2v) is 9.86. The predicted molar refractivity (Wildman–Crippen MR) is 125 cm³/mol. The highest BCUT2D eigenvalue weighted by Crippen LogP contribution is 2.60. The monoisotopic (exact) mass is 502 g/mol. The van der Waals surface area contributed by atoms with Gasteiger partial charge in [0, 0.05) is 27.9 Å². The number of aromatic nitrogens is 2. The van der Waals surface area contributed by atoms with Gasteiger partial charge in [-0.2, -0.15) is 5.10 Å². The highest BCUT2D eigenvalue weighted by atomic mass is 35.5. The molecule has 0 spiro atoms. The van der Waals surface area contributed by atoms with E-state index in [0.717, 1.165) is 17.4 Å². The van der Waals surface area contributed by atoms with Gasteiger partial charge in [0.15, 0.2) is 12.3 Å². The number of nitrogens with one attached hydrogen (secondary N) is 2. The number of halogens is 3. The zero-order chi connectivity index (χ0) is 24.1. The van der Waals surface area contributed by atoms with Gasteiger partial charge in [-0.15, -0.1) is 0 Å². The molecule has 3 saturated carbocycles. The van der Waals surface area contributed by atoms with Gasteiger partial charge in [-0.3, -0.25) is 9.59 Å². The Morgan fingerprint density at radius 2 is 1.74 bits per heavy atom. The van der Waals surface area contributed by atoms with Gasteiger partial charge in [-0.1, -0.05) is 23.2 Å². The molecule has 176 valence electrons. The van der Waals surface area contributed by atoms with Crippen LogP contribution in [0, 0.1) is 12.7 Å². The summed E-state index contributed by atoms with van der Waals surface area (Å²) in [4.78, 5) is 25.1. The van der Waals surface area contributed by atoms with Crippen LogP contribution < -0.4 is 15.4 Å². The van der Waals surface area contributed by atoms with Crippen molar-refractivity contribution < 1.29 is 18.7 Å². The van der Waals surface area contributed by atoms with E-state index in [1.807, 2.05) is 19.1 Å². The summed E-state index contributed by atoms with van der Waals surface area (Å²) < 4.78 is 20.5. The van der Waals surface area contributed by atoms with Crippen molar-refractivity contribution in [2.24, 2.45) is 0 Å². The fourth-order valence-corrected chi connectivity index (χ4v) is 5.08. The largest absolute Gasteiger partial charge is 0.484 e. The first-order valence-corrected chi connectivity index (χ1v) is 11.5. The third-order valence-corrected chi connectivity index (χ3v) is 6.82. The molecule has 2 aromatic carbocycles. The minimum absolute atomic E-state index is 0.00933. The molecule has 1 aromatic heterocycles. The maximum Gasteiger partial charge on any atom is 0.272 e. The fourth-order valence-electron chi connectivity index (χ4n) is 4.83. The topological polar surface area (TPSA) is 85.2 Å². The van der Waals surface area contributed by atoms with Crippen molar-refractivity contribution in [1.82, 2.24) is 20.4 Å². The van der Waals surface area contributed by atoms with E-state index < -0.39 is 5.82 Å². The number of carbonyl (C=O) groups excluding carboxylic acids is 2. The second-order valence-electron chi connectivity index (χ2n) is 9.02. The van der Waals surface area contributed by atoms with Crippen LogP contribution in [0.25, 0.3) is 5.69 Å². The van der Waals surface area contributed by atoms with Crippen molar-refractivity contribution in [3.63, 3.8) is 0 Å². The smallest absolute Gasteiger partial charge is 0.272 e. The number of rotatable bonds is 7. The number of nitrogens with zero attached hydrogens (tertiary/aromatic N) is 2. The quantitative estimate of drug-likeness (QED) is 0.506. The lowest BCUT2D eigenvalue weighted by atomic mass is 9.44. The molecule has 3 aliphatic carbocycles. The molecule has 0 unspecified atom stereocenters. The predicted octanol–water partition coefficient (Wildman–Crippen LogP) is 4.23. The van der Waals surface area contributed by atoms with Crippen LogP contribution in [-0.4, -0.2) is 39.3 Å². The highest BCUT2D eigenvalue weighted by molar-refractivity contribution is 6.31. The molecule has 3 fully saturated rings. The summed E-state index contributed by atoms with van der Waals surface area (Å²) in [6, 6.07) is 13.0. The van der Waals surface area contributed by atoms with Crippen molar-refractivity contribution in [3.8, 4) is 11.4 Å². The van der Waals surface area contributed by atoms with Crippen LogP contribution in [0.2, 0.25) is 10.0 Å². The summed E-state index contributed by atoms with van der Waals surface area (Å²) in [7, 11) is 0. The first-order chi connectivity index (χ1) is 16.2. The van der Waals surface area contributed by atoms with E-state index in [4.69, 9.17) is 27.9 Å². The molecular weight excluding hydrogens is 482 g/mol.